The molecule has 15 heteroatoms. The van der Waals surface area contributed by atoms with E-state index in [0.29, 0.717) is 5.06 Å². The van der Waals surface area contributed by atoms with Crippen LogP contribution in [-0.4, -0.2) is 80.7 Å². The van der Waals surface area contributed by atoms with Gasteiger partial charge in [-0.3, -0.25) is 19.5 Å². The molecular formula is C11H18N4O9S2. The van der Waals surface area contributed by atoms with Crippen LogP contribution >= 0.6 is 0 Å². The van der Waals surface area contributed by atoms with E-state index in [9.17, 15) is 26.4 Å². The molecule has 0 saturated carbocycles. The average Bonchev–Trinajstić information content (AvgIpc) is 2.75. The van der Waals surface area contributed by atoms with Crippen LogP contribution in [0.2, 0.25) is 0 Å². The molecule has 0 aromatic heterocycles. The third kappa shape index (κ3) is 4.80. The van der Waals surface area contributed by atoms with Crippen LogP contribution in [0.25, 0.3) is 0 Å². The van der Waals surface area contributed by atoms with Gasteiger partial charge < -0.3 is 9.64 Å². The summed E-state index contributed by atoms with van der Waals surface area (Å²) in [7, 11) is -7.79. The van der Waals surface area contributed by atoms with E-state index in [1.54, 1.807) is 0 Å². The Labute approximate surface area is 149 Å². The molecule has 2 fully saturated rings. The lowest BCUT2D eigenvalue weighted by atomic mass is 10.0. The Morgan fingerprint density at radius 2 is 2.00 bits per heavy atom. The summed E-state index contributed by atoms with van der Waals surface area (Å²) in [6, 6.07) is -2.50. The number of hydrogen-bond acceptors (Lipinski definition) is 9. The van der Waals surface area contributed by atoms with E-state index in [-0.39, 0.29) is 19.4 Å². The third-order valence-electron chi connectivity index (χ3n) is 3.90. The van der Waals surface area contributed by atoms with Gasteiger partial charge >= 0.3 is 22.4 Å². The van der Waals surface area contributed by atoms with E-state index in [1.807, 2.05) is 4.72 Å². The van der Waals surface area contributed by atoms with Gasteiger partial charge in [0.05, 0.1) is 31.4 Å². The molecule has 13 nitrogen and oxygen atoms in total. The summed E-state index contributed by atoms with van der Waals surface area (Å²) in [4.78, 5) is 24.3. The standard InChI is InChI=1S/C11H18N4O9S2/c1-23-9(16)4-5-25(18,19)13-10(12)8-3-2-7-6-14(8)11(17)15(7)24-26(20,21)22/h7-8H,2-6H2,1H3,(H2,12,13)(H,20,21,22). The number of amidine groups is 1. The third-order valence-corrected chi connectivity index (χ3v) is 5.52. The molecule has 3 N–H and O–H groups in total. The van der Waals surface area contributed by atoms with E-state index in [4.69, 9.17) is 9.96 Å². The molecule has 0 radical (unpaired) electrons. The largest absolute Gasteiger partial charge is 0.469 e. The van der Waals surface area contributed by atoms with E-state index in [1.165, 1.54) is 0 Å². The number of rotatable bonds is 7. The molecule has 148 valence electrons. The molecule has 0 aromatic rings. The van der Waals surface area contributed by atoms with Crippen molar-refractivity contribution in [2.75, 3.05) is 19.4 Å². The van der Waals surface area contributed by atoms with Crippen molar-refractivity contribution in [3.05, 3.63) is 0 Å². The number of carbonyl (C=O) groups is 2. The van der Waals surface area contributed by atoms with Crippen molar-refractivity contribution in [2.45, 2.75) is 31.3 Å². The van der Waals surface area contributed by atoms with E-state index in [0.717, 1.165) is 12.0 Å². The molecule has 2 amide bonds. The predicted molar refractivity (Wildman–Crippen MR) is 84.7 cm³/mol. The number of hydroxylamine groups is 2. The quantitative estimate of drug-likeness (QED) is 0.192. The number of ether oxygens (including phenoxy) is 1. The number of nitrogens with one attached hydrogen (secondary N) is 2. The number of esters is 1. The number of carbonyl (C=O) groups excluding carboxylic acids is 2. The van der Waals surface area contributed by atoms with Gasteiger partial charge in [0.25, 0.3) is 0 Å². The van der Waals surface area contributed by atoms with Crippen LogP contribution in [0.5, 0.6) is 0 Å². The Bertz CT molecular complexity index is 810. The highest BCUT2D eigenvalue weighted by molar-refractivity contribution is 7.90. The van der Waals surface area contributed by atoms with Crippen molar-refractivity contribution in [1.82, 2.24) is 14.7 Å². The fraction of sp³-hybridized carbons (Fsp3) is 0.727. The number of sulfonamides is 1. The Hall–Kier alpha value is -1.97. The molecule has 0 aliphatic carbocycles. The van der Waals surface area contributed by atoms with Crippen molar-refractivity contribution in [3.63, 3.8) is 0 Å². The van der Waals surface area contributed by atoms with Crippen LogP contribution in [0.3, 0.4) is 0 Å². The summed E-state index contributed by atoms with van der Waals surface area (Å²) in [5, 5.41) is 8.42. The summed E-state index contributed by atoms with van der Waals surface area (Å²) in [6.45, 7) is 0.00525. The highest BCUT2D eigenvalue weighted by Crippen LogP contribution is 2.30. The first-order valence-electron chi connectivity index (χ1n) is 7.36. The maximum absolute atomic E-state index is 12.2. The van der Waals surface area contributed by atoms with Gasteiger partial charge in [0.15, 0.2) is 0 Å². The van der Waals surface area contributed by atoms with Crippen molar-refractivity contribution < 1.29 is 40.0 Å². The summed E-state index contributed by atoms with van der Waals surface area (Å²) in [6.07, 6.45) is 0.0132. The molecule has 2 rings (SSSR count). The van der Waals surface area contributed by atoms with Gasteiger partial charge in [0.2, 0.25) is 10.0 Å². The monoisotopic (exact) mass is 414 g/mol. The second-order valence-corrected chi connectivity index (χ2v) is 8.52. The fourth-order valence-corrected chi connectivity index (χ4v) is 4.13. The van der Waals surface area contributed by atoms with Crippen molar-refractivity contribution in [1.29, 1.82) is 5.41 Å². The summed E-state index contributed by atoms with van der Waals surface area (Å²) in [5.74, 6) is -1.81. The number of amides is 2. The number of hydrogen-bond donors (Lipinski definition) is 3. The smallest absolute Gasteiger partial charge is 0.418 e. The van der Waals surface area contributed by atoms with Gasteiger partial charge in [-0.2, -0.15) is 13.5 Å². The van der Waals surface area contributed by atoms with Gasteiger partial charge in [-0.15, -0.1) is 4.28 Å². The maximum atomic E-state index is 12.2. The normalized spacial score (nSPS) is 23.1. The maximum Gasteiger partial charge on any atom is 0.418 e. The van der Waals surface area contributed by atoms with E-state index < -0.39 is 62.5 Å². The van der Waals surface area contributed by atoms with Crippen LogP contribution in [0.1, 0.15) is 19.3 Å². The molecular weight excluding hydrogens is 396 g/mol. The van der Waals surface area contributed by atoms with Crippen LogP contribution < -0.4 is 4.72 Å². The zero-order valence-corrected chi connectivity index (χ0v) is 15.2. The first kappa shape index (κ1) is 20.3. The number of nitrogens with zero attached hydrogens (tertiary/aromatic N) is 2. The van der Waals surface area contributed by atoms with Gasteiger partial charge in [-0.25, -0.2) is 13.2 Å². The average molecular weight is 414 g/mol. The minimum absolute atomic E-state index is 0.00525. The zero-order chi connectivity index (χ0) is 19.7. The molecule has 2 aliphatic rings. The second-order valence-electron chi connectivity index (χ2n) is 5.67. The van der Waals surface area contributed by atoms with Crippen molar-refractivity contribution >= 4 is 38.3 Å². The molecule has 2 heterocycles. The Balaban J connectivity index is 2.03. The fourth-order valence-electron chi connectivity index (χ4n) is 2.74. The van der Waals surface area contributed by atoms with Gasteiger partial charge in [-0.1, -0.05) is 0 Å². The number of piperidine rings is 1. The lowest BCUT2D eigenvalue weighted by Crippen LogP contribution is -2.51. The molecule has 0 spiro atoms. The Morgan fingerprint density at radius 1 is 1.35 bits per heavy atom. The summed E-state index contributed by atoms with van der Waals surface area (Å²) < 4.78 is 64.8. The SMILES string of the molecule is COC(=O)CCS(=O)(=O)NC(=N)C1CCC2CN1C(=O)N2OS(=O)(=O)O. The highest BCUT2D eigenvalue weighted by atomic mass is 32.3. The molecule has 2 aliphatic heterocycles. The number of fused-ring (bicyclic) bond motifs is 2. The van der Waals surface area contributed by atoms with E-state index >= 15 is 0 Å². The minimum Gasteiger partial charge on any atom is -0.469 e. The summed E-state index contributed by atoms with van der Waals surface area (Å²) >= 11 is 0. The first-order chi connectivity index (χ1) is 11.9. The molecule has 2 atom stereocenters. The number of methoxy groups -OCH3 is 1. The Kier molecular flexibility index (Phi) is 5.74. The molecule has 0 aromatic carbocycles. The molecule has 26 heavy (non-hydrogen) atoms. The topological polar surface area (TPSA) is 183 Å². The van der Waals surface area contributed by atoms with Crippen molar-refractivity contribution in [2.24, 2.45) is 0 Å². The first-order valence-corrected chi connectivity index (χ1v) is 10.4. The molecule has 2 bridgehead atoms. The lowest BCUT2D eigenvalue weighted by molar-refractivity contribution is -0.140. The van der Waals surface area contributed by atoms with E-state index in [2.05, 4.69) is 9.02 Å². The number of urea groups is 1. The second kappa shape index (κ2) is 7.34. The van der Waals surface area contributed by atoms with Gasteiger partial charge in [0.1, 0.15) is 5.84 Å². The van der Waals surface area contributed by atoms with Gasteiger partial charge in [-0.05, 0) is 12.8 Å². The Morgan fingerprint density at radius 3 is 2.58 bits per heavy atom. The zero-order valence-electron chi connectivity index (χ0n) is 13.6. The van der Waals surface area contributed by atoms with Crippen LogP contribution in [0.4, 0.5) is 4.79 Å². The van der Waals surface area contributed by atoms with Crippen LogP contribution in [-0.2, 0) is 34.2 Å². The van der Waals surface area contributed by atoms with Crippen molar-refractivity contribution in [3.8, 4) is 0 Å². The van der Waals surface area contributed by atoms with Crippen LogP contribution in [0.15, 0.2) is 0 Å². The minimum atomic E-state index is -4.89. The lowest BCUT2D eigenvalue weighted by Gasteiger charge is -2.30. The summed E-state index contributed by atoms with van der Waals surface area (Å²) in [5.41, 5.74) is 0. The highest BCUT2D eigenvalue weighted by Gasteiger charge is 2.48. The molecule has 2 saturated heterocycles. The predicted octanol–water partition coefficient (Wildman–Crippen LogP) is -1.55. The van der Waals surface area contributed by atoms with Crippen LogP contribution in [0, 0.1) is 5.41 Å². The van der Waals surface area contributed by atoms with Gasteiger partial charge in [0, 0.05) is 6.54 Å². The molecule has 2 unspecified atom stereocenters.